The molecule has 0 aliphatic rings. The van der Waals surface area contributed by atoms with Gasteiger partial charge in [-0.05, 0) is 82.9 Å². The van der Waals surface area contributed by atoms with Gasteiger partial charge in [-0.25, -0.2) is 4.98 Å². The van der Waals surface area contributed by atoms with Crippen LogP contribution in [0.15, 0.2) is 78.8 Å². The number of aryl methyl sites for hydroxylation is 3. The van der Waals surface area contributed by atoms with Crippen LogP contribution in [-0.4, -0.2) is 20.9 Å². The Morgan fingerprint density at radius 2 is 1.34 bits per heavy atom. The van der Waals surface area contributed by atoms with Gasteiger partial charge in [0.2, 0.25) is 0 Å². The summed E-state index contributed by atoms with van der Waals surface area (Å²) in [6, 6.07) is 25.5. The topological polar surface area (TPSA) is 63.1 Å². The van der Waals surface area contributed by atoms with Crippen LogP contribution in [0.5, 0.6) is 0 Å². The van der Waals surface area contributed by atoms with Gasteiger partial charge in [-0.15, -0.1) is 40.5 Å². The molecule has 0 bridgehead atoms. The number of hydrogen-bond donors (Lipinski definition) is 1. The van der Waals surface area contributed by atoms with Crippen LogP contribution in [-0.2, 0) is 30.3 Å². The normalized spacial score (nSPS) is 12.5. The Kier molecular flexibility index (Phi) is 14.7. The SMILES string of the molecule is CC(C)C(C(=O)/C=C(\O)C(C(C)C)C(C)C)C(C)C.Cc1cc2ccccc2c(C)c1-c1sc2c(-c3[c-]c4ccccc4c(C(C)(C)C)c3)ncnc2c1C.[Ir]. The maximum absolute atomic E-state index is 12.3. The van der Waals surface area contributed by atoms with E-state index in [0.29, 0.717) is 23.7 Å². The molecule has 0 spiro atoms. The van der Waals surface area contributed by atoms with Crippen molar-refractivity contribution >= 4 is 48.9 Å². The molecule has 6 heteroatoms. The van der Waals surface area contributed by atoms with Gasteiger partial charge in [-0.2, -0.15) is 0 Å². The fourth-order valence-corrected chi connectivity index (χ4v) is 10.1. The number of rotatable bonds is 9. The Balaban J connectivity index is 0.000000299. The summed E-state index contributed by atoms with van der Waals surface area (Å²) < 4.78 is 1.13. The van der Waals surface area contributed by atoms with E-state index in [1.165, 1.54) is 54.9 Å². The summed E-state index contributed by atoms with van der Waals surface area (Å²) >= 11 is 1.81. The van der Waals surface area contributed by atoms with E-state index in [4.69, 9.17) is 9.97 Å². The van der Waals surface area contributed by atoms with Crippen LogP contribution in [0.3, 0.4) is 0 Å². The molecule has 6 rings (SSSR count). The molecule has 0 unspecified atom stereocenters. The molecule has 2 heterocycles. The molecule has 0 aliphatic carbocycles. The molecular weight excluding hydrogens is 885 g/mol. The number of ketones is 1. The number of benzene rings is 4. The predicted molar refractivity (Wildman–Crippen MR) is 237 cm³/mol. The Labute approximate surface area is 353 Å². The summed E-state index contributed by atoms with van der Waals surface area (Å²) in [4.78, 5) is 23.2. The molecule has 0 aliphatic heterocycles. The standard InChI is InChI=1S/C33H29N2S.C17H32O2.Ir/c1-19-15-22-11-7-9-13-25(22)20(2)28(19)31-21(3)29-32(36-31)30(35-18-34-29)24-16-23-12-8-10-14-26(23)27(17-24)33(4,5)6;1-10(2)16(11(3)4)14(18)9-15(19)17(12(5)6)13(7)8;/h7-15,17-18H,1-6H3;9-13,16-18H,1-8H3;/q-1;;/b;14-9-;. The molecule has 0 saturated heterocycles. The molecule has 0 atom stereocenters. The van der Waals surface area contributed by atoms with Crippen LogP contribution in [0.25, 0.3) is 53.5 Å². The Hall–Kier alpha value is -3.70. The predicted octanol–water partition coefficient (Wildman–Crippen LogP) is 14.2. The van der Waals surface area contributed by atoms with Crippen molar-refractivity contribution < 1.29 is 30.0 Å². The van der Waals surface area contributed by atoms with Gasteiger partial charge in [0, 0.05) is 53.3 Å². The average molecular weight is 946 g/mol. The summed E-state index contributed by atoms with van der Waals surface area (Å²) in [5.74, 6) is 1.63. The molecule has 4 aromatic carbocycles. The Bertz CT molecular complexity index is 2340. The second-order valence-corrected chi connectivity index (χ2v) is 18.8. The van der Waals surface area contributed by atoms with Gasteiger partial charge < -0.3 is 5.11 Å². The van der Waals surface area contributed by atoms with E-state index in [2.05, 4.69) is 164 Å². The van der Waals surface area contributed by atoms with Gasteiger partial charge in [0.15, 0.2) is 5.78 Å². The van der Waals surface area contributed by atoms with Crippen LogP contribution in [0.1, 0.15) is 98.4 Å². The number of nitrogens with zero attached hydrogens (tertiary/aromatic N) is 2. The number of fused-ring (bicyclic) bond motifs is 3. The van der Waals surface area contributed by atoms with Gasteiger partial charge >= 0.3 is 0 Å². The molecule has 56 heavy (non-hydrogen) atoms. The van der Waals surface area contributed by atoms with E-state index >= 15 is 0 Å². The number of aliphatic hydroxyl groups excluding tert-OH is 1. The minimum absolute atomic E-state index is 0. The van der Waals surface area contributed by atoms with E-state index in [-0.39, 0.29) is 48.9 Å². The molecule has 6 aromatic rings. The Morgan fingerprint density at radius 1 is 0.768 bits per heavy atom. The van der Waals surface area contributed by atoms with Crippen molar-refractivity contribution in [2.75, 3.05) is 0 Å². The third kappa shape index (κ3) is 9.36. The third-order valence-electron chi connectivity index (χ3n) is 11.1. The number of allylic oxidation sites excluding steroid dienone is 2. The van der Waals surface area contributed by atoms with E-state index in [9.17, 15) is 9.90 Å². The third-order valence-corrected chi connectivity index (χ3v) is 12.4. The van der Waals surface area contributed by atoms with Crippen molar-refractivity contribution in [3.05, 3.63) is 107 Å². The average Bonchev–Trinajstić information content (AvgIpc) is 3.42. The fourth-order valence-electron chi connectivity index (χ4n) is 8.70. The van der Waals surface area contributed by atoms with Crippen LogP contribution in [0, 0.1) is 62.3 Å². The first-order valence-electron chi connectivity index (χ1n) is 20.0. The van der Waals surface area contributed by atoms with Crippen molar-refractivity contribution in [2.45, 2.75) is 102 Å². The second-order valence-electron chi connectivity index (χ2n) is 17.8. The zero-order chi connectivity index (χ0) is 40.5. The molecule has 4 nitrogen and oxygen atoms in total. The number of carbonyl (C=O) groups is 1. The second kappa shape index (κ2) is 18.3. The summed E-state index contributed by atoms with van der Waals surface area (Å²) in [5.41, 5.74) is 9.50. The van der Waals surface area contributed by atoms with Gasteiger partial charge in [-0.1, -0.05) is 136 Å². The van der Waals surface area contributed by atoms with Crippen molar-refractivity contribution in [3.63, 3.8) is 0 Å². The largest absolute Gasteiger partial charge is 0.512 e. The summed E-state index contributed by atoms with van der Waals surface area (Å²) in [6.07, 6.45) is 3.19. The zero-order valence-corrected chi connectivity index (χ0v) is 39.1. The molecule has 0 fully saturated rings. The van der Waals surface area contributed by atoms with Crippen LogP contribution >= 0.6 is 11.3 Å². The first kappa shape index (κ1) is 45.0. The Morgan fingerprint density at radius 3 is 1.93 bits per heavy atom. The monoisotopic (exact) mass is 946 g/mol. The van der Waals surface area contributed by atoms with Gasteiger partial charge in [0.05, 0.1) is 11.3 Å². The maximum atomic E-state index is 12.3. The van der Waals surface area contributed by atoms with Crippen LogP contribution < -0.4 is 0 Å². The zero-order valence-electron chi connectivity index (χ0n) is 35.9. The van der Waals surface area contributed by atoms with Crippen molar-refractivity contribution in [2.24, 2.45) is 35.5 Å². The summed E-state index contributed by atoms with van der Waals surface area (Å²) in [7, 11) is 0. The molecule has 1 N–H and O–H groups in total. The van der Waals surface area contributed by atoms with E-state index in [1.807, 2.05) is 11.3 Å². The fraction of sp³-hybridized carbons (Fsp3) is 0.420. The summed E-state index contributed by atoms with van der Waals surface area (Å²) in [6.45, 7) is 30.1. The number of thiophene rings is 1. The first-order chi connectivity index (χ1) is 25.8. The van der Waals surface area contributed by atoms with Gasteiger partial charge in [0.25, 0.3) is 0 Å². The van der Waals surface area contributed by atoms with Crippen LogP contribution in [0.4, 0.5) is 0 Å². The smallest absolute Gasteiger partial charge is 0.162 e. The number of hydrogen-bond acceptors (Lipinski definition) is 5. The molecule has 2 aromatic heterocycles. The minimum Gasteiger partial charge on any atom is -0.512 e. The van der Waals surface area contributed by atoms with E-state index < -0.39 is 0 Å². The molecule has 0 saturated carbocycles. The molecule has 0 amide bonds. The van der Waals surface area contributed by atoms with E-state index in [1.54, 1.807) is 6.33 Å². The molecule has 1 radical (unpaired) electrons. The van der Waals surface area contributed by atoms with Crippen molar-refractivity contribution in [1.82, 2.24) is 9.97 Å². The van der Waals surface area contributed by atoms with Gasteiger partial charge in [0.1, 0.15) is 6.33 Å². The van der Waals surface area contributed by atoms with Gasteiger partial charge in [-0.3, -0.25) is 9.78 Å². The number of aromatic nitrogens is 2. The summed E-state index contributed by atoms with van der Waals surface area (Å²) in [5, 5.41) is 15.2. The van der Waals surface area contributed by atoms with E-state index in [0.717, 1.165) is 26.9 Å². The van der Waals surface area contributed by atoms with Crippen molar-refractivity contribution in [3.8, 4) is 21.7 Å². The quantitative estimate of drug-likeness (QED) is 0.0891. The minimum atomic E-state index is -0.0119. The first-order valence-corrected chi connectivity index (χ1v) is 20.8. The molecule has 299 valence electrons. The number of carbonyl (C=O) groups excluding carboxylic acids is 1. The molecular formula is C50H61IrN2O2S-. The van der Waals surface area contributed by atoms with Crippen molar-refractivity contribution in [1.29, 1.82) is 0 Å². The number of aliphatic hydroxyl groups is 1. The van der Waals surface area contributed by atoms with Crippen LogP contribution in [0.2, 0.25) is 0 Å². The maximum Gasteiger partial charge on any atom is 0.162 e.